The molecular weight excluding hydrogens is 316 g/mol. The number of hydrogen-bond acceptors (Lipinski definition) is 2. The average Bonchev–Trinajstić information content (AvgIpc) is 2.90. The summed E-state index contributed by atoms with van der Waals surface area (Å²) in [6.07, 6.45) is 1.77. The molecule has 0 radical (unpaired) electrons. The number of halogens is 1. The Hall–Kier alpha value is -2.07. The number of H-pyrrole nitrogens is 1. The average molecular weight is 329 g/mol. The molecule has 0 saturated carbocycles. The lowest BCUT2D eigenvalue weighted by Gasteiger charge is -2.07. The Morgan fingerprint density at radius 1 is 1.10 bits per heavy atom. The van der Waals surface area contributed by atoms with Gasteiger partial charge in [0.05, 0.1) is 6.54 Å². The van der Waals surface area contributed by atoms with Crippen LogP contribution in [0.1, 0.15) is 10.4 Å². The molecule has 3 aromatic rings. The first-order valence-corrected chi connectivity index (χ1v) is 7.13. The number of aromatic nitrogens is 1. The van der Waals surface area contributed by atoms with Gasteiger partial charge < -0.3 is 10.3 Å². The Morgan fingerprint density at radius 2 is 1.85 bits per heavy atom. The topological polar surface area (TPSA) is 44.9 Å². The van der Waals surface area contributed by atoms with Crippen molar-refractivity contribution in [3.05, 3.63) is 64.8 Å². The molecule has 0 fully saturated rings. The molecule has 0 aliphatic carbocycles. The number of hydrogen-bond donors (Lipinski definition) is 2. The molecule has 2 aromatic carbocycles. The smallest absolute Gasteiger partial charge is 0.183 e. The van der Waals surface area contributed by atoms with Gasteiger partial charge in [0.15, 0.2) is 5.78 Å². The molecule has 2 N–H and O–H groups in total. The monoisotopic (exact) mass is 328 g/mol. The van der Waals surface area contributed by atoms with Crippen molar-refractivity contribution in [2.75, 3.05) is 11.9 Å². The van der Waals surface area contributed by atoms with Crippen LogP contribution in [0.5, 0.6) is 0 Å². The second-order valence-electron chi connectivity index (χ2n) is 4.50. The molecule has 3 rings (SSSR count). The van der Waals surface area contributed by atoms with E-state index in [-0.39, 0.29) is 12.3 Å². The summed E-state index contributed by atoms with van der Waals surface area (Å²) in [4.78, 5) is 15.4. The predicted octanol–water partition coefficient (Wildman–Crippen LogP) is 4.23. The largest absolute Gasteiger partial charge is 0.377 e. The van der Waals surface area contributed by atoms with Crippen LogP contribution >= 0.6 is 15.9 Å². The number of benzene rings is 2. The second kappa shape index (κ2) is 5.51. The van der Waals surface area contributed by atoms with Crippen LogP contribution in [0.3, 0.4) is 0 Å². The summed E-state index contributed by atoms with van der Waals surface area (Å²) < 4.78 is 0.951. The van der Waals surface area contributed by atoms with Crippen molar-refractivity contribution >= 4 is 38.3 Å². The van der Waals surface area contributed by atoms with E-state index >= 15 is 0 Å². The number of Topliss-reactive ketones (excluding diaryl/α,β-unsaturated/α-hetero) is 1. The van der Waals surface area contributed by atoms with Crippen LogP contribution in [0.2, 0.25) is 0 Å². The van der Waals surface area contributed by atoms with Gasteiger partial charge in [-0.05, 0) is 34.1 Å². The SMILES string of the molecule is O=C(CNc1ccccc1Br)c1c[nH]c2ccccc12. The molecule has 20 heavy (non-hydrogen) atoms. The van der Waals surface area contributed by atoms with Gasteiger partial charge in [0.25, 0.3) is 0 Å². The molecule has 0 bridgehead atoms. The fourth-order valence-corrected chi connectivity index (χ4v) is 2.60. The van der Waals surface area contributed by atoms with Crippen LogP contribution < -0.4 is 5.32 Å². The summed E-state index contributed by atoms with van der Waals surface area (Å²) in [5.74, 6) is 0.0678. The van der Waals surface area contributed by atoms with Crippen molar-refractivity contribution in [3.8, 4) is 0 Å². The lowest BCUT2D eigenvalue weighted by molar-refractivity contribution is 0.101. The first-order chi connectivity index (χ1) is 9.75. The number of nitrogens with one attached hydrogen (secondary N) is 2. The number of anilines is 1. The summed E-state index contributed by atoms with van der Waals surface area (Å²) in [5, 5.41) is 4.12. The number of carbonyl (C=O) groups is 1. The quantitative estimate of drug-likeness (QED) is 0.704. The minimum atomic E-state index is 0.0678. The molecule has 100 valence electrons. The molecule has 4 heteroatoms. The summed E-state index contributed by atoms with van der Waals surface area (Å²) in [5.41, 5.74) is 2.62. The summed E-state index contributed by atoms with van der Waals surface area (Å²) >= 11 is 3.45. The first-order valence-electron chi connectivity index (χ1n) is 6.33. The van der Waals surface area contributed by atoms with Gasteiger partial charge in [-0.15, -0.1) is 0 Å². The van der Waals surface area contributed by atoms with Gasteiger partial charge in [0.2, 0.25) is 0 Å². The minimum absolute atomic E-state index is 0.0678. The Labute approximate surface area is 125 Å². The Bertz CT molecular complexity index is 764. The van der Waals surface area contributed by atoms with E-state index in [1.165, 1.54) is 0 Å². The number of aromatic amines is 1. The van der Waals surface area contributed by atoms with Crippen molar-refractivity contribution in [1.82, 2.24) is 4.98 Å². The number of para-hydroxylation sites is 2. The van der Waals surface area contributed by atoms with E-state index < -0.39 is 0 Å². The highest BCUT2D eigenvalue weighted by atomic mass is 79.9. The molecule has 0 aliphatic heterocycles. The van der Waals surface area contributed by atoms with E-state index in [0.717, 1.165) is 26.6 Å². The Morgan fingerprint density at radius 3 is 2.70 bits per heavy atom. The van der Waals surface area contributed by atoms with Crippen LogP contribution in [0.4, 0.5) is 5.69 Å². The first kappa shape index (κ1) is 12.9. The maximum Gasteiger partial charge on any atom is 0.183 e. The Kier molecular flexibility index (Phi) is 3.56. The summed E-state index contributed by atoms with van der Waals surface area (Å²) in [6, 6.07) is 15.6. The molecule has 1 heterocycles. The highest BCUT2D eigenvalue weighted by Gasteiger charge is 2.11. The normalized spacial score (nSPS) is 10.7. The number of fused-ring (bicyclic) bond motifs is 1. The van der Waals surface area contributed by atoms with Gasteiger partial charge in [-0.3, -0.25) is 4.79 Å². The lowest BCUT2D eigenvalue weighted by Crippen LogP contribution is -2.13. The molecule has 0 spiro atoms. The summed E-state index contributed by atoms with van der Waals surface area (Å²) in [6.45, 7) is 0.268. The van der Waals surface area contributed by atoms with E-state index in [1.54, 1.807) is 6.20 Å². The number of ketones is 1. The van der Waals surface area contributed by atoms with Crippen LogP contribution in [-0.2, 0) is 0 Å². The van der Waals surface area contributed by atoms with Crippen molar-refractivity contribution in [3.63, 3.8) is 0 Å². The van der Waals surface area contributed by atoms with E-state index in [2.05, 4.69) is 26.2 Å². The van der Waals surface area contributed by atoms with Crippen LogP contribution in [0, 0.1) is 0 Å². The van der Waals surface area contributed by atoms with Gasteiger partial charge in [-0.25, -0.2) is 0 Å². The fourth-order valence-electron chi connectivity index (χ4n) is 2.18. The number of rotatable bonds is 4. The highest BCUT2D eigenvalue weighted by molar-refractivity contribution is 9.10. The third-order valence-corrected chi connectivity index (χ3v) is 3.89. The highest BCUT2D eigenvalue weighted by Crippen LogP contribution is 2.22. The second-order valence-corrected chi connectivity index (χ2v) is 5.36. The molecule has 3 nitrogen and oxygen atoms in total. The Balaban J connectivity index is 1.79. The van der Waals surface area contributed by atoms with Crippen LogP contribution in [0.15, 0.2) is 59.2 Å². The molecule has 0 aliphatic rings. The molecule has 0 saturated heterocycles. The summed E-state index contributed by atoms with van der Waals surface area (Å²) in [7, 11) is 0. The van der Waals surface area contributed by atoms with Crippen LogP contribution in [0.25, 0.3) is 10.9 Å². The maximum absolute atomic E-state index is 12.3. The van der Waals surface area contributed by atoms with Crippen molar-refractivity contribution in [2.24, 2.45) is 0 Å². The van der Waals surface area contributed by atoms with Crippen molar-refractivity contribution in [2.45, 2.75) is 0 Å². The predicted molar refractivity (Wildman–Crippen MR) is 85.3 cm³/mol. The van der Waals surface area contributed by atoms with Gasteiger partial charge >= 0.3 is 0 Å². The van der Waals surface area contributed by atoms with Crippen LogP contribution in [-0.4, -0.2) is 17.3 Å². The fraction of sp³-hybridized carbons (Fsp3) is 0.0625. The van der Waals surface area contributed by atoms with Gasteiger partial charge in [0, 0.05) is 32.8 Å². The molecule has 1 aromatic heterocycles. The van der Waals surface area contributed by atoms with Gasteiger partial charge in [-0.2, -0.15) is 0 Å². The zero-order valence-corrected chi connectivity index (χ0v) is 12.3. The zero-order chi connectivity index (χ0) is 13.9. The lowest BCUT2D eigenvalue weighted by atomic mass is 10.1. The molecular formula is C16H13BrN2O. The standard InChI is InChI=1S/C16H13BrN2O/c17-13-6-2-4-8-15(13)19-10-16(20)12-9-18-14-7-3-1-5-11(12)14/h1-9,18-19H,10H2. The zero-order valence-electron chi connectivity index (χ0n) is 10.7. The third-order valence-electron chi connectivity index (χ3n) is 3.20. The third kappa shape index (κ3) is 2.47. The maximum atomic E-state index is 12.3. The van der Waals surface area contributed by atoms with E-state index in [1.807, 2.05) is 48.5 Å². The van der Waals surface area contributed by atoms with Crippen molar-refractivity contribution < 1.29 is 4.79 Å². The number of carbonyl (C=O) groups excluding carboxylic acids is 1. The van der Waals surface area contributed by atoms with Gasteiger partial charge in [0.1, 0.15) is 0 Å². The van der Waals surface area contributed by atoms with E-state index in [4.69, 9.17) is 0 Å². The van der Waals surface area contributed by atoms with E-state index in [0.29, 0.717) is 0 Å². The molecule has 0 unspecified atom stereocenters. The molecule has 0 atom stereocenters. The van der Waals surface area contributed by atoms with Crippen molar-refractivity contribution in [1.29, 1.82) is 0 Å². The van der Waals surface area contributed by atoms with E-state index in [9.17, 15) is 4.79 Å². The molecule has 0 amide bonds. The minimum Gasteiger partial charge on any atom is -0.377 e. The van der Waals surface area contributed by atoms with Gasteiger partial charge in [-0.1, -0.05) is 30.3 Å².